The molecule has 3 N–H and O–H groups in total. The van der Waals surface area contributed by atoms with Crippen molar-refractivity contribution in [2.75, 3.05) is 13.2 Å². The number of nitrogens with two attached hydrogens (primary N) is 1. The minimum Gasteiger partial charge on any atom is -0.380 e. The van der Waals surface area contributed by atoms with Gasteiger partial charge in [-0.15, -0.1) is 0 Å². The lowest BCUT2D eigenvalue weighted by Gasteiger charge is -2.22. The van der Waals surface area contributed by atoms with Crippen LogP contribution < -0.4 is 10.5 Å². The van der Waals surface area contributed by atoms with Crippen molar-refractivity contribution < 1.29 is 13.2 Å². The molecule has 21 heavy (non-hydrogen) atoms. The second-order valence-electron chi connectivity index (χ2n) is 5.49. The summed E-state index contributed by atoms with van der Waals surface area (Å²) in [4.78, 5) is 0.236. The largest absolute Gasteiger partial charge is 0.380 e. The van der Waals surface area contributed by atoms with Gasteiger partial charge in [-0.25, -0.2) is 13.1 Å². The fourth-order valence-corrected chi connectivity index (χ4v) is 3.26. The highest BCUT2D eigenvalue weighted by Crippen LogP contribution is 2.17. The van der Waals surface area contributed by atoms with Crippen LogP contribution in [0.5, 0.6) is 0 Å². The van der Waals surface area contributed by atoms with E-state index in [0.717, 1.165) is 5.56 Å². The molecule has 0 aliphatic carbocycles. The molecule has 2 unspecified atom stereocenters. The van der Waals surface area contributed by atoms with E-state index >= 15 is 0 Å². The molecule has 0 aromatic heterocycles. The summed E-state index contributed by atoms with van der Waals surface area (Å²) in [6.45, 7) is 8.56. The number of hydrogen-bond acceptors (Lipinski definition) is 4. The number of hydrogen-bond donors (Lipinski definition) is 2. The molecule has 6 heteroatoms. The van der Waals surface area contributed by atoms with Crippen LogP contribution in [0.2, 0.25) is 0 Å². The van der Waals surface area contributed by atoms with E-state index in [0.29, 0.717) is 13.2 Å². The van der Waals surface area contributed by atoms with Crippen molar-refractivity contribution in [2.24, 2.45) is 11.7 Å². The van der Waals surface area contributed by atoms with Gasteiger partial charge in [0.05, 0.1) is 11.5 Å². The molecule has 0 aliphatic rings. The van der Waals surface area contributed by atoms with E-state index in [1.165, 1.54) is 0 Å². The van der Waals surface area contributed by atoms with Crippen LogP contribution in [-0.2, 0) is 14.8 Å². The van der Waals surface area contributed by atoms with Crippen molar-refractivity contribution in [1.82, 2.24) is 4.72 Å². The van der Waals surface area contributed by atoms with Crippen molar-refractivity contribution in [3.63, 3.8) is 0 Å². The van der Waals surface area contributed by atoms with Gasteiger partial charge in [0.1, 0.15) is 0 Å². The van der Waals surface area contributed by atoms with E-state index in [2.05, 4.69) is 4.72 Å². The third kappa shape index (κ3) is 5.39. The van der Waals surface area contributed by atoms with Crippen LogP contribution in [0.1, 0.15) is 39.3 Å². The Balaban J connectivity index is 2.96. The summed E-state index contributed by atoms with van der Waals surface area (Å²) >= 11 is 0. The van der Waals surface area contributed by atoms with Gasteiger partial charge in [-0.1, -0.05) is 26.0 Å². The first-order valence-electron chi connectivity index (χ1n) is 7.23. The molecule has 0 fully saturated rings. The Morgan fingerprint density at radius 3 is 2.48 bits per heavy atom. The van der Waals surface area contributed by atoms with Crippen LogP contribution in [-0.4, -0.2) is 27.7 Å². The molecule has 1 aromatic carbocycles. The molecular formula is C15H26N2O3S. The minimum absolute atomic E-state index is 0.142. The van der Waals surface area contributed by atoms with E-state index < -0.39 is 10.0 Å². The molecule has 1 aromatic rings. The lowest BCUT2D eigenvalue weighted by atomic mass is 10.1. The Morgan fingerprint density at radius 2 is 1.95 bits per heavy atom. The Kier molecular flexibility index (Phi) is 6.80. The van der Waals surface area contributed by atoms with Gasteiger partial charge in [0, 0.05) is 18.7 Å². The summed E-state index contributed by atoms with van der Waals surface area (Å²) in [6.07, 6.45) is 0. The Labute approximate surface area is 127 Å². The number of sulfonamides is 1. The van der Waals surface area contributed by atoms with Crippen molar-refractivity contribution in [1.29, 1.82) is 0 Å². The summed E-state index contributed by atoms with van der Waals surface area (Å²) in [5.41, 5.74) is 6.60. The zero-order valence-corrected chi connectivity index (χ0v) is 14.0. The van der Waals surface area contributed by atoms with Crippen molar-refractivity contribution in [2.45, 2.75) is 44.7 Å². The fraction of sp³-hybridized carbons (Fsp3) is 0.600. The lowest BCUT2D eigenvalue weighted by Crippen LogP contribution is -2.41. The molecule has 5 nitrogen and oxygen atoms in total. The first-order valence-corrected chi connectivity index (χ1v) is 8.71. The van der Waals surface area contributed by atoms with Crippen molar-refractivity contribution in [3.8, 4) is 0 Å². The maximum atomic E-state index is 12.5. The summed E-state index contributed by atoms with van der Waals surface area (Å²) in [6, 6.07) is 6.26. The van der Waals surface area contributed by atoms with Gasteiger partial charge in [0.15, 0.2) is 0 Å². The van der Waals surface area contributed by atoms with Crippen molar-refractivity contribution in [3.05, 3.63) is 29.8 Å². The third-order valence-corrected chi connectivity index (χ3v) is 4.79. The lowest BCUT2D eigenvalue weighted by molar-refractivity contribution is 0.116. The summed E-state index contributed by atoms with van der Waals surface area (Å²) in [7, 11) is -3.58. The minimum atomic E-state index is -3.58. The van der Waals surface area contributed by atoms with Crippen LogP contribution >= 0.6 is 0 Å². The molecule has 0 amide bonds. The van der Waals surface area contributed by atoms with Crippen molar-refractivity contribution >= 4 is 10.0 Å². The maximum absolute atomic E-state index is 12.5. The zero-order chi connectivity index (χ0) is 16.0. The fourth-order valence-electron chi connectivity index (χ4n) is 1.84. The molecular weight excluding hydrogens is 288 g/mol. The zero-order valence-electron chi connectivity index (χ0n) is 13.2. The molecule has 0 saturated carbocycles. The highest BCUT2D eigenvalue weighted by atomic mass is 32.2. The molecule has 0 bridgehead atoms. The van der Waals surface area contributed by atoms with Gasteiger partial charge in [-0.05, 0) is 37.5 Å². The first-order chi connectivity index (χ1) is 9.77. The normalized spacial score (nSPS) is 15.1. The summed E-state index contributed by atoms with van der Waals surface area (Å²) in [5.74, 6) is 0.142. The average Bonchev–Trinajstić information content (AvgIpc) is 2.43. The van der Waals surface area contributed by atoms with E-state index in [9.17, 15) is 8.42 Å². The molecule has 0 heterocycles. The van der Waals surface area contributed by atoms with Crippen LogP contribution in [0.4, 0.5) is 0 Å². The van der Waals surface area contributed by atoms with Crippen LogP contribution in [0, 0.1) is 5.92 Å². The topological polar surface area (TPSA) is 81.4 Å². The van der Waals surface area contributed by atoms with E-state index in [4.69, 9.17) is 10.5 Å². The molecule has 120 valence electrons. The van der Waals surface area contributed by atoms with E-state index in [1.807, 2.05) is 33.8 Å². The Bertz CT molecular complexity index is 542. The number of rotatable bonds is 8. The Morgan fingerprint density at radius 1 is 1.29 bits per heavy atom. The third-order valence-electron chi connectivity index (χ3n) is 3.31. The van der Waals surface area contributed by atoms with Gasteiger partial charge >= 0.3 is 0 Å². The Hall–Kier alpha value is -0.950. The maximum Gasteiger partial charge on any atom is 0.240 e. The van der Waals surface area contributed by atoms with Crippen LogP contribution in [0.25, 0.3) is 0 Å². The van der Waals surface area contributed by atoms with Gasteiger partial charge in [0.2, 0.25) is 10.0 Å². The van der Waals surface area contributed by atoms with Crippen LogP contribution in [0.15, 0.2) is 29.2 Å². The average molecular weight is 314 g/mol. The molecule has 0 aliphatic heterocycles. The highest BCUT2D eigenvalue weighted by molar-refractivity contribution is 7.89. The quantitative estimate of drug-likeness (QED) is 0.769. The van der Waals surface area contributed by atoms with Crippen LogP contribution in [0.3, 0.4) is 0 Å². The van der Waals surface area contributed by atoms with E-state index in [1.54, 1.807) is 18.2 Å². The number of nitrogens with one attached hydrogen (secondary N) is 1. The molecule has 1 rings (SSSR count). The monoisotopic (exact) mass is 314 g/mol. The molecule has 2 atom stereocenters. The number of ether oxygens (including phenoxy) is 1. The van der Waals surface area contributed by atoms with E-state index in [-0.39, 0.29) is 22.9 Å². The standard InChI is InChI=1S/C15H26N2O3S/c1-5-20-10-15(11(2)3)17-21(18,19)14-8-6-7-13(9-14)12(4)16/h6-9,11-12,15,17H,5,10,16H2,1-4H3. The summed E-state index contributed by atoms with van der Waals surface area (Å²) < 4.78 is 33.0. The first kappa shape index (κ1) is 18.1. The predicted octanol–water partition coefficient (Wildman–Crippen LogP) is 2.05. The van der Waals surface area contributed by atoms with Gasteiger partial charge in [0.25, 0.3) is 0 Å². The SMILES string of the molecule is CCOCC(NS(=O)(=O)c1cccc(C(C)N)c1)C(C)C. The highest BCUT2D eigenvalue weighted by Gasteiger charge is 2.23. The molecule has 0 spiro atoms. The number of benzene rings is 1. The van der Waals surface area contributed by atoms with Gasteiger partial charge in [-0.2, -0.15) is 0 Å². The molecule has 0 radical (unpaired) electrons. The van der Waals surface area contributed by atoms with Gasteiger partial charge in [-0.3, -0.25) is 0 Å². The smallest absolute Gasteiger partial charge is 0.240 e. The summed E-state index contributed by atoms with van der Waals surface area (Å²) in [5, 5.41) is 0. The molecule has 0 saturated heterocycles. The van der Waals surface area contributed by atoms with Gasteiger partial charge < -0.3 is 10.5 Å². The predicted molar refractivity (Wildman–Crippen MR) is 84.5 cm³/mol. The second kappa shape index (κ2) is 7.89. The second-order valence-corrected chi connectivity index (χ2v) is 7.21.